The topological polar surface area (TPSA) is 0 Å². The van der Waals surface area contributed by atoms with Crippen LogP contribution < -0.4 is 0 Å². The fourth-order valence-corrected chi connectivity index (χ4v) is 1.40. The van der Waals surface area contributed by atoms with E-state index in [1.54, 1.807) is 12.1 Å². The summed E-state index contributed by atoms with van der Waals surface area (Å²) in [7, 11) is 0. The van der Waals surface area contributed by atoms with Crippen LogP contribution in [0.5, 0.6) is 0 Å². The van der Waals surface area contributed by atoms with Gasteiger partial charge in [0.15, 0.2) is 0 Å². The number of hydrogen-bond donors (Lipinski definition) is 0. The fourth-order valence-electron chi connectivity index (χ4n) is 1.06. The molecule has 1 aromatic rings. The van der Waals surface area contributed by atoms with Gasteiger partial charge in [0.2, 0.25) is 0 Å². The van der Waals surface area contributed by atoms with Gasteiger partial charge in [-0.3, -0.25) is 0 Å². The van der Waals surface area contributed by atoms with Gasteiger partial charge in [0.25, 0.3) is 0 Å². The third kappa shape index (κ3) is 2.58. The lowest BCUT2D eigenvalue weighted by Crippen LogP contribution is -2.04. The minimum Gasteiger partial charge on any atom is -0.205 e. The van der Waals surface area contributed by atoms with Crippen molar-refractivity contribution in [1.82, 2.24) is 0 Å². The van der Waals surface area contributed by atoms with E-state index in [0.29, 0.717) is 0 Å². The lowest BCUT2D eigenvalue weighted by molar-refractivity contribution is 0.625. The Bertz CT molecular complexity index is 297. The van der Waals surface area contributed by atoms with Gasteiger partial charge < -0.3 is 0 Å². The summed E-state index contributed by atoms with van der Waals surface area (Å²) in [5.41, 5.74) is 0.967. The van der Waals surface area contributed by atoms with Crippen LogP contribution in [0.2, 0.25) is 5.02 Å². The van der Waals surface area contributed by atoms with Crippen LogP contribution in [0, 0.1) is 5.82 Å². The second-order valence-corrected chi connectivity index (χ2v) is 4.24. The van der Waals surface area contributed by atoms with Crippen LogP contribution in [0.25, 0.3) is 0 Å². The monoisotopic (exact) mass is 220 g/mol. The van der Waals surface area contributed by atoms with E-state index in [9.17, 15) is 4.39 Å². The highest BCUT2D eigenvalue weighted by Gasteiger charge is 2.12. The smallest absolute Gasteiger partial charge is 0.141 e. The number of rotatable bonds is 2. The Morgan fingerprint density at radius 1 is 1.31 bits per heavy atom. The Labute approximate surface area is 87.7 Å². The first kappa shape index (κ1) is 10.8. The third-order valence-electron chi connectivity index (χ3n) is 2.16. The van der Waals surface area contributed by atoms with E-state index in [1.807, 2.05) is 13.8 Å². The van der Waals surface area contributed by atoms with Gasteiger partial charge >= 0.3 is 0 Å². The molecule has 2 unspecified atom stereocenters. The summed E-state index contributed by atoms with van der Waals surface area (Å²) in [4.78, 5) is 0. The molecule has 2 atom stereocenters. The molecule has 0 saturated heterocycles. The summed E-state index contributed by atoms with van der Waals surface area (Å²) in [6.07, 6.45) is 0. The number of hydrogen-bond acceptors (Lipinski definition) is 0. The van der Waals surface area contributed by atoms with E-state index in [2.05, 4.69) is 0 Å². The SMILES string of the molecule is CC(Cl)C(C)c1ccc(F)c(Cl)c1. The molecule has 0 spiro atoms. The number of benzene rings is 1. The number of alkyl halides is 1. The van der Waals surface area contributed by atoms with E-state index in [1.165, 1.54) is 6.07 Å². The van der Waals surface area contributed by atoms with Crippen LogP contribution in [0.15, 0.2) is 18.2 Å². The van der Waals surface area contributed by atoms with Crippen molar-refractivity contribution in [1.29, 1.82) is 0 Å². The van der Waals surface area contributed by atoms with Crippen molar-refractivity contribution in [2.45, 2.75) is 25.1 Å². The van der Waals surface area contributed by atoms with E-state index >= 15 is 0 Å². The maximum Gasteiger partial charge on any atom is 0.141 e. The van der Waals surface area contributed by atoms with E-state index in [0.717, 1.165) is 5.56 Å². The van der Waals surface area contributed by atoms with Crippen LogP contribution >= 0.6 is 23.2 Å². The fraction of sp³-hybridized carbons (Fsp3) is 0.400. The summed E-state index contributed by atoms with van der Waals surface area (Å²) >= 11 is 11.6. The summed E-state index contributed by atoms with van der Waals surface area (Å²) in [6, 6.07) is 4.71. The molecule has 0 nitrogen and oxygen atoms in total. The zero-order chi connectivity index (χ0) is 10.0. The van der Waals surface area contributed by atoms with Crippen LogP contribution in [0.3, 0.4) is 0 Å². The minimum atomic E-state index is -0.389. The average molecular weight is 221 g/mol. The highest BCUT2D eigenvalue weighted by Crippen LogP contribution is 2.26. The van der Waals surface area contributed by atoms with Crippen LogP contribution in [-0.2, 0) is 0 Å². The molecule has 1 rings (SSSR count). The molecule has 1 aromatic carbocycles. The van der Waals surface area contributed by atoms with Gasteiger partial charge in [-0.2, -0.15) is 0 Å². The van der Waals surface area contributed by atoms with Crippen LogP contribution in [-0.4, -0.2) is 5.38 Å². The molecule has 0 saturated carbocycles. The lowest BCUT2D eigenvalue weighted by Gasteiger charge is -2.14. The standard InChI is InChI=1S/C10H11Cl2F/c1-6(7(2)11)8-3-4-10(13)9(12)5-8/h3-7H,1-2H3. The summed E-state index contributed by atoms with van der Waals surface area (Å²) in [5.74, 6) is -0.209. The molecule has 0 aliphatic carbocycles. The molecular formula is C10H11Cl2F. The molecular weight excluding hydrogens is 210 g/mol. The largest absolute Gasteiger partial charge is 0.205 e. The molecule has 0 bridgehead atoms. The predicted molar refractivity (Wildman–Crippen MR) is 55.1 cm³/mol. The van der Waals surface area contributed by atoms with Crippen molar-refractivity contribution in [3.05, 3.63) is 34.6 Å². The lowest BCUT2D eigenvalue weighted by atomic mass is 9.98. The highest BCUT2D eigenvalue weighted by atomic mass is 35.5. The molecule has 13 heavy (non-hydrogen) atoms. The van der Waals surface area contributed by atoms with Gasteiger partial charge in [-0.1, -0.05) is 24.6 Å². The van der Waals surface area contributed by atoms with Crippen molar-refractivity contribution >= 4 is 23.2 Å². The molecule has 3 heteroatoms. The zero-order valence-electron chi connectivity index (χ0n) is 7.52. The molecule has 0 aromatic heterocycles. The average Bonchev–Trinajstić information content (AvgIpc) is 2.08. The van der Waals surface area contributed by atoms with Gasteiger partial charge in [-0.05, 0) is 30.5 Å². The summed E-state index contributed by atoms with van der Waals surface area (Å²) < 4.78 is 12.8. The van der Waals surface area contributed by atoms with E-state index in [-0.39, 0.29) is 22.1 Å². The van der Waals surface area contributed by atoms with E-state index < -0.39 is 0 Å². The molecule has 0 aliphatic heterocycles. The van der Waals surface area contributed by atoms with Crippen molar-refractivity contribution in [2.75, 3.05) is 0 Å². The first-order chi connectivity index (χ1) is 6.02. The zero-order valence-corrected chi connectivity index (χ0v) is 9.03. The quantitative estimate of drug-likeness (QED) is 0.656. The minimum absolute atomic E-state index is 0.0153. The Morgan fingerprint density at radius 3 is 2.38 bits per heavy atom. The maximum atomic E-state index is 12.8. The normalized spacial score (nSPS) is 15.5. The van der Waals surface area contributed by atoms with Crippen molar-refractivity contribution in [3.8, 4) is 0 Å². The van der Waals surface area contributed by atoms with Crippen molar-refractivity contribution in [3.63, 3.8) is 0 Å². The van der Waals surface area contributed by atoms with Gasteiger partial charge in [0, 0.05) is 5.38 Å². The molecule has 0 radical (unpaired) electrons. The Kier molecular flexibility index (Phi) is 3.57. The maximum absolute atomic E-state index is 12.8. The van der Waals surface area contributed by atoms with Crippen molar-refractivity contribution in [2.24, 2.45) is 0 Å². The first-order valence-electron chi connectivity index (χ1n) is 4.11. The first-order valence-corrected chi connectivity index (χ1v) is 4.93. The molecule has 72 valence electrons. The highest BCUT2D eigenvalue weighted by molar-refractivity contribution is 6.30. The molecule has 0 amide bonds. The Hall–Kier alpha value is -0.270. The third-order valence-corrected chi connectivity index (χ3v) is 2.83. The predicted octanol–water partition coefficient (Wildman–Crippen LogP) is 4.21. The number of halogens is 3. The summed E-state index contributed by atoms with van der Waals surface area (Å²) in [5, 5.41) is 0.170. The second-order valence-electron chi connectivity index (χ2n) is 3.14. The molecule has 0 aliphatic rings. The van der Waals surface area contributed by atoms with Gasteiger partial charge in [-0.25, -0.2) is 4.39 Å². The molecule has 0 heterocycles. The summed E-state index contributed by atoms with van der Waals surface area (Å²) in [6.45, 7) is 3.89. The second kappa shape index (κ2) is 4.30. The molecule has 0 N–H and O–H groups in total. The van der Waals surface area contributed by atoms with Crippen LogP contribution in [0.4, 0.5) is 4.39 Å². The van der Waals surface area contributed by atoms with E-state index in [4.69, 9.17) is 23.2 Å². The van der Waals surface area contributed by atoms with Gasteiger partial charge in [0.1, 0.15) is 5.82 Å². The Morgan fingerprint density at radius 2 is 1.92 bits per heavy atom. The van der Waals surface area contributed by atoms with Crippen molar-refractivity contribution < 1.29 is 4.39 Å². The van der Waals surface area contributed by atoms with Gasteiger partial charge in [0.05, 0.1) is 5.02 Å². The van der Waals surface area contributed by atoms with Gasteiger partial charge in [-0.15, -0.1) is 11.6 Å². The Balaban J connectivity index is 2.97. The van der Waals surface area contributed by atoms with Crippen LogP contribution in [0.1, 0.15) is 25.3 Å². The molecule has 0 fully saturated rings.